The van der Waals surface area contributed by atoms with Gasteiger partial charge in [0.1, 0.15) is 0 Å². The Kier molecular flexibility index (Phi) is 5.36. The van der Waals surface area contributed by atoms with E-state index < -0.39 is 0 Å². The number of rotatable bonds is 7. The number of aryl methyl sites for hydroxylation is 1. The lowest BCUT2D eigenvalue weighted by Crippen LogP contribution is -2.20. The number of hydrogen-bond acceptors (Lipinski definition) is 2. The molecule has 0 radical (unpaired) electrons. The van der Waals surface area contributed by atoms with Crippen molar-refractivity contribution in [3.05, 3.63) is 12.4 Å². The van der Waals surface area contributed by atoms with E-state index in [1.807, 2.05) is 12.4 Å². The standard InChI is InChI=1S/C13H25N3/c1-5-8-16-9-7-14-13(16)15-12(4)10-11(3)6-2/h7,9,11-12H,5-6,8,10H2,1-4H3,(H,14,15). The monoisotopic (exact) mass is 223 g/mol. The van der Waals surface area contributed by atoms with Crippen LogP contribution in [0.25, 0.3) is 0 Å². The average molecular weight is 223 g/mol. The molecule has 3 heteroatoms. The first-order valence-corrected chi connectivity index (χ1v) is 6.45. The number of imidazole rings is 1. The molecule has 1 rings (SSSR count). The predicted molar refractivity (Wildman–Crippen MR) is 69.7 cm³/mol. The maximum absolute atomic E-state index is 4.36. The number of anilines is 1. The van der Waals surface area contributed by atoms with Crippen LogP contribution in [0.5, 0.6) is 0 Å². The van der Waals surface area contributed by atoms with Crippen LogP contribution in [0.3, 0.4) is 0 Å². The molecule has 1 aromatic heterocycles. The van der Waals surface area contributed by atoms with Crippen molar-refractivity contribution in [2.45, 2.75) is 59.5 Å². The molecule has 0 amide bonds. The first-order valence-electron chi connectivity index (χ1n) is 6.45. The van der Waals surface area contributed by atoms with E-state index in [4.69, 9.17) is 0 Å². The highest BCUT2D eigenvalue weighted by atomic mass is 15.2. The van der Waals surface area contributed by atoms with Gasteiger partial charge in [0.05, 0.1) is 0 Å². The van der Waals surface area contributed by atoms with Crippen LogP contribution in [0.1, 0.15) is 47.0 Å². The molecule has 92 valence electrons. The van der Waals surface area contributed by atoms with Gasteiger partial charge in [0.15, 0.2) is 0 Å². The fraction of sp³-hybridized carbons (Fsp3) is 0.769. The maximum atomic E-state index is 4.36. The lowest BCUT2D eigenvalue weighted by atomic mass is 10.0. The van der Waals surface area contributed by atoms with E-state index in [-0.39, 0.29) is 0 Å². The molecule has 2 unspecified atom stereocenters. The summed E-state index contributed by atoms with van der Waals surface area (Å²) in [5, 5.41) is 3.49. The summed E-state index contributed by atoms with van der Waals surface area (Å²) in [5.41, 5.74) is 0. The van der Waals surface area contributed by atoms with Gasteiger partial charge in [-0.2, -0.15) is 0 Å². The van der Waals surface area contributed by atoms with Crippen LogP contribution in [-0.2, 0) is 6.54 Å². The minimum atomic E-state index is 0.493. The Bertz CT molecular complexity index is 293. The van der Waals surface area contributed by atoms with Crippen molar-refractivity contribution in [1.82, 2.24) is 9.55 Å². The summed E-state index contributed by atoms with van der Waals surface area (Å²) in [6, 6.07) is 0.493. The SMILES string of the molecule is CCCn1ccnc1NC(C)CC(C)CC. The summed E-state index contributed by atoms with van der Waals surface area (Å²) >= 11 is 0. The molecule has 0 saturated heterocycles. The Morgan fingerprint density at radius 1 is 1.38 bits per heavy atom. The van der Waals surface area contributed by atoms with Gasteiger partial charge in [0.2, 0.25) is 5.95 Å². The van der Waals surface area contributed by atoms with Crippen LogP contribution >= 0.6 is 0 Å². The molecule has 0 aliphatic carbocycles. The Balaban J connectivity index is 2.48. The fourth-order valence-electron chi connectivity index (χ4n) is 1.92. The lowest BCUT2D eigenvalue weighted by Gasteiger charge is -2.18. The van der Waals surface area contributed by atoms with Gasteiger partial charge >= 0.3 is 0 Å². The van der Waals surface area contributed by atoms with Crippen LogP contribution in [-0.4, -0.2) is 15.6 Å². The fourth-order valence-corrected chi connectivity index (χ4v) is 1.92. The van der Waals surface area contributed by atoms with E-state index in [9.17, 15) is 0 Å². The van der Waals surface area contributed by atoms with Crippen molar-refractivity contribution in [3.8, 4) is 0 Å². The van der Waals surface area contributed by atoms with Gasteiger partial charge in [0.25, 0.3) is 0 Å². The smallest absolute Gasteiger partial charge is 0.202 e. The molecular formula is C13H25N3. The highest BCUT2D eigenvalue weighted by Crippen LogP contribution is 2.14. The minimum Gasteiger partial charge on any atom is -0.353 e. The van der Waals surface area contributed by atoms with Gasteiger partial charge in [-0.15, -0.1) is 0 Å². The second-order valence-corrected chi connectivity index (χ2v) is 4.74. The number of nitrogens with zero attached hydrogens (tertiary/aromatic N) is 2. The average Bonchev–Trinajstić information content (AvgIpc) is 2.66. The van der Waals surface area contributed by atoms with Crippen molar-refractivity contribution < 1.29 is 0 Å². The number of hydrogen-bond donors (Lipinski definition) is 1. The number of nitrogens with one attached hydrogen (secondary N) is 1. The summed E-state index contributed by atoms with van der Waals surface area (Å²) in [5.74, 6) is 1.79. The van der Waals surface area contributed by atoms with E-state index in [1.54, 1.807) is 0 Å². The summed E-state index contributed by atoms with van der Waals surface area (Å²) in [6.45, 7) is 10.0. The molecule has 16 heavy (non-hydrogen) atoms. The first kappa shape index (κ1) is 13.1. The second kappa shape index (κ2) is 6.56. The molecule has 0 saturated carbocycles. The van der Waals surface area contributed by atoms with Gasteiger partial charge in [-0.1, -0.05) is 27.2 Å². The third kappa shape index (κ3) is 3.87. The Labute approximate surface area is 99.3 Å². The van der Waals surface area contributed by atoms with Gasteiger partial charge in [-0.25, -0.2) is 4.98 Å². The summed E-state index contributed by atoms with van der Waals surface area (Å²) in [6.07, 6.45) is 7.51. The Morgan fingerprint density at radius 3 is 2.75 bits per heavy atom. The van der Waals surface area contributed by atoms with E-state index in [2.05, 4.69) is 42.6 Å². The van der Waals surface area contributed by atoms with Crippen molar-refractivity contribution in [1.29, 1.82) is 0 Å². The molecule has 0 aromatic carbocycles. The Morgan fingerprint density at radius 2 is 2.12 bits per heavy atom. The van der Waals surface area contributed by atoms with E-state index in [1.165, 1.54) is 12.8 Å². The molecule has 2 atom stereocenters. The lowest BCUT2D eigenvalue weighted by molar-refractivity contribution is 0.481. The van der Waals surface area contributed by atoms with Gasteiger partial charge < -0.3 is 9.88 Å². The molecule has 1 N–H and O–H groups in total. The molecule has 1 aromatic rings. The Hall–Kier alpha value is -0.990. The second-order valence-electron chi connectivity index (χ2n) is 4.74. The third-order valence-corrected chi connectivity index (χ3v) is 3.01. The molecule has 0 fully saturated rings. The van der Waals surface area contributed by atoms with E-state index in [0.29, 0.717) is 6.04 Å². The van der Waals surface area contributed by atoms with Crippen LogP contribution < -0.4 is 5.32 Å². The normalized spacial score (nSPS) is 14.8. The zero-order chi connectivity index (χ0) is 12.0. The van der Waals surface area contributed by atoms with Gasteiger partial charge in [-0.05, 0) is 25.7 Å². The topological polar surface area (TPSA) is 29.9 Å². The highest BCUT2D eigenvalue weighted by molar-refractivity contribution is 5.27. The van der Waals surface area contributed by atoms with Gasteiger partial charge in [-0.3, -0.25) is 0 Å². The van der Waals surface area contributed by atoms with E-state index >= 15 is 0 Å². The highest BCUT2D eigenvalue weighted by Gasteiger charge is 2.09. The predicted octanol–water partition coefficient (Wildman–Crippen LogP) is 3.53. The largest absolute Gasteiger partial charge is 0.353 e. The van der Waals surface area contributed by atoms with Gasteiger partial charge in [0, 0.05) is 25.0 Å². The minimum absolute atomic E-state index is 0.493. The van der Waals surface area contributed by atoms with Crippen molar-refractivity contribution in [2.75, 3.05) is 5.32 Å². The van der Waals surface area contributed by atoms with Crippen molar-refractivity contribution in [2.24, 2.45) is 5.92 Å². The number of aromatic nitrogens is 2. The molecule has 0 spiro atoms. The summed E-state index contributed by atoms with van der Waals surface area (Å²) < 4.78 is 2.19. The maximum Gasteiger partial charge on any atom is 0.202 e. The first-order chi connectivity index (χ1) is 7.67. The summed E-state index contributed by atoms with van der Waals surface area (Å²) in [7, 11) is 0. The molecular weight excluding hydrogens is 198 g/mol. The van der Waals surface area contributed by atoms with Crippen LogP contribution in [0.15, 0.2) is 12.4 Å². The molecule has 3 nitrogen and oxygen atoms in total. The quantitative estimate of drug-likeness (QED) is 0.766. The summed E-state index contributed by atoms with van der Waals surface area (Å²) in [4.78, 5) is 4.36. The zero-order valence-corrected chi connectivity index (χ0v) is 11.0. The van der Waals surface area contributed by atoms with Crippen LogP contribution in [0.4, 0.5) is 5.95 Å². The third-order valence-electron chi connectivity index (χ3n) is 3.01. The van der Waals surface area contributed by atoms with Crippen molar-refractivity contribution >= 4 is 5.95 Å². The molecule has 0 aliphatic rings. The van der Waals surface area contributed by atoms with E-state index in [0.717, 1.165) is 24.8 Å². The molecule has 0 aliphatic heterocycles. The van der Waals surface area contributed by atoms with Crippen LogP contribution in [0.2, 0.25) is 0 Å². The van der Waals surface area contributed by atoms with Crippen molar-refractivity contribution in [3.63, 3.8) is 0 Å². The van der Waals surface area contributed by atoms with Crippen LogP contribution in [0, 0.1) is 5.92 Å². The molecule has 1 heterocycles. The molecule has 0 bridgehead atoms. The zero-order valence-electron chi connectivity index (χ0n) is 11.0.